The van der Waals surface area contributed by atoms with Gasteiger partial charge in [0.05, 0.1) is 5.92 Å². The number of thioether (sulfide) groups is 1. The quantitative estimate of drug-likeness (QED) is 0.759. The molecule has 4 heteroatoms. The molecular formula is C11H20N2OS. The number of carbonyl (C=O) groups is 1. The second-order valence-electron chi connectivity index (χ2n) is 4.71. The Kier molecular flexibility index (Phi) is 3.57. The number of hydrogen-bond donors (Lipinski definition) is 1. The lowest BCUT2D eigenvalue weighted by Gasteiger charge is -2.27. The van der Waals surface area contributed by atoms with Crippen LogP contribution in [-0.2, 0) is 4.79 Å². The summed E-state index contributed by atoms with van der Waals surface area (Å²) < 4.78 is 0. The van der Waals surface area contributed by atoms with Gasteiger partial charge in [-0.3, -0.25) is 4.79 Å². The molecule has 2 saturated heterocycles. The number of rotatable bonds is 2. The highest BCUT2D eigenvalue weighted by Crippen LogP contribution is 2.25. The molecule has 0 saturated carbocycles. The van der Waals surface area contributed by atoms with E-state index in [0.29, 0.717) is 17.9 Å². The van der Waals surface area contributed by atoms with E-state index in [1.807, 2.05) is 23.7 Å². The first-order chi connectivity index (χ1) is 7.20. The molecule has 2 aliphatic heterocycles. The van der Waals surface area contributed by atoms with Crippen molar-refractivity contribution in [2.45, 2.75) is 19.4 Å². The molecule has 1 unspecified atom stereocenters. The third kappa shape index (κ3) is 2.31. The van der Waals surface area contributed by atoms with Gasteiger partial charge in [-0.25, -0.2) is 0 Å². The lowest BCUT2D eigenvalue weighted by molar-refractivity contribution is -0.136. The molecule has 3 atom stereocenters. The fraction of sp³-hybridized carbons (Fsp3) is 0.909. The normalized spacial score (nSPS) is 35.7. The van der Waals surface area contributed by atoms with Crippen LogP contribution in [0.5, 0.6) is 0 Å². The minimum atomic E-state index is 0.209. The van der Waals surface area contributed by atoms with E-state index in [0.717, 1.165) is 18.8 Å². The van der Waals surface area contributed by atoms with Gasteiger partial charge in [0, 0.05) is 25.4 Å². The van der Waals surface area contributed by atoms with Crippen molar-refractivity contribution < 1.29 is 4.79 Å². The zero-order chi connectivity index (χ0) is 10.8. The number of nitrogens with zero attached hydrogens (tertiary/aromatic N) is 1. The Hall–Kier alpha value is -0.220. The maximum atomic E-state index is 12.2. The SMILES string of the molecule is C[C@@H]1CNC[C@H]1C(=O)N(C)C1CCSC1. The van der Waals surface area contributed by atoms with E-state index in [4.69, 9.17) is 0 Å². The Morgan fingerprint density at radius 2 is 2.27 bits per heavy atom. The average Bonchev–Trinajstić information content (AvgIpc) is 2.85. The molecule has 15 heavy (non-hydrogen) atoms. The number of hydrogen-bond acceptors (Lipinski definition) is 3. The second kappa shape index (κ2) is 4.74. The highest BCUT2D eigenvalue weighted by Gasteiger charge is 2.34. The summed E-state index contributed by atoms with van der Waals surface area (Å²) in [4.78, 5) is 14.2. The first kappa shape index (κ1) is 11.3. The molecule has 3 nitrogen and oxygen atoms in total. The van der Waals surface area contributed by atoms with Gasteiger partial charge in [0.15, 0.2) is 0 Å². The van der Waals surface area contributed by atoms with Crippen LogP contribution in [0, 0.1) is 11.8 Å². The van der Waals surface area contributed by atoms with Gasteiger partial charge in [0.1, 0.15) is 0 Å². The minimum Gasteiger partial charge on any atom is -0.342 e. The van der Waals surface area contributed by atoms with Crippen molar-refractivity contribution in [2.24, 2.45) is 11.8 Å². The van der Waals surface area contributed by atoms with Crippen LogP contribution in [0.3, 0.4) is 0 Å². The van der Waals surface area contributed by atoms with Crippen molar-refractivity contribution in [3.63, 3.8) is 0 Å². The molecule has 0 radical (unpaired) electrons. The zero-order valence-corrected chi connectivity index (χ0v) is 10.3. The summed E-state index contributed by atoms with van der Waals surface area (Å²) in [6, 6.07) is 0.482. The van der Waals surface area contributed by atoms with Gasteiger partial charge in [0.25, 0.3) is 0 Å². The molecule has 0 aliphatic carbocycles. The molecular weight excluding hydrogens is 208 g/mol. The van der Waals surface area contributed by atoms with Gasteiger partial charge >= 0.3 is 0 Å². The molecule has 0 aromatic rings. The van der Waals surface area contributed by atoms with Crippen LogP contribution < -0.4 is 5.32 Å². The van der Waals surface area contributed by atoms with Crippen LogP contribution in [0.25, 0.3) is 0 Å². The maximum Gasteiger partial charge on any atom is 0.227 e. The van der Waals surface area contributed by atoms with Crippen molar-refractivity contribution in [1.82, 2.24) is 10.2 Å². The average molecular weight is 228 g/mol. The van der Waals surface area contributed by atoms with Crippen molar-refractivity contribution in [2.75, 3.05) is 31.6 Å². The number of nitrogens with one attached hydrogen (secondary N) is 1. The molecule has 0 spiro atoms. The van der Waals surface area contributed by atoms with Crippen LogP contribution in [0.15, 0.2) is 0 Å². The number of amides is 1. The van der Waals surface area contributed by atoms with Gasteiger partial charge in [0.2, 0.25) is 5.91 Å². The summed E-state index contributed by atoms with van der Waals surface area (Å²) in [7, 11) is 1.98. The molecule has 2 heterocycles. The van der Waals surface area contributed by atoms with Crippen LogP contribution in [-0.4, -0.2) is 48.5 Å². The predicted octanol–water partition coefficient (Wildman–Crippen LogP) is 0.806. The van der Waals surface area contributed by atoms with E-state index < -0.39 is 0 Å². The summed E-state index contributed by atoms with van der Waals surface area (Å²) in [5, 5.41) is 3.30. The number of carbonyl (C=O) groups excluding carboxylic acids is 1. The van der Waals surface area contributed by atoms with E-state index in [2.05, 4.69) is 12.2 Å². The fourth-order valence-electron chi connectivity index (χ4n) is 2.41. The van der Waals surface area contributed by atoms with Crippen LogP contribution in [0.1, 0.15) is 13.3 Å². The highest BCUT2D eigenvalue weighted by molar-refractivity contribution is 7.99. The standard InChI is InChI=1S/C11H20N2OS/c1-8-5-12-6-10(8)11(14)13(2)9-3-4-15-7-9/h8-10,12H,3-7H2,1-2H3/t8-,9?,10-/m1/s1. The van der Waals surface area contributed by atoms with Gasteiger partial charge in [-0.05, 0) is 24.6 Å². The molecule has 1 amide bonds. The van der Waals surface area contributed by atoms with Crippen molar-refractivity contribution >= 4 is 17.7 Å². The summed E-state index contributed by atoms with van der Waals surface area (Å²) >= 11 is 1.96. The summed E-state index contributed by atoms with van der Waals surface area (Å²) in [5.74, 6) is 3.38. The Morgan fingerprint density at radius 3 is 2.80 bits per heavy atom. The molecule has 0 aromatic carbocycles. The first-order valence-electron chi connectivity index (χ1n) is 5.75. The first-order valence-corrected chi connectivity index (χ1v) is 6.90. The van der Waals surface area contributed by atoms with Gasteiger partial charge in [-0.2, -0.15) is 11.8 Å². The predicted molar refractivity (Wildman–Crippen MR) is 64.0 cm³/mol. The summed E-state index contributed by atoms with van der Waals surface area (Å²) in [6.07, 6.45) is 1.17. The third-order valence-electron chi connectivity index (χ3n) is 3.64. The Morgan fingerprint density at radius 1 is 1.47 bits per heavy atom. The van der Waals surface area contributed by atoms with Crippen molar-refractivity contribution in [3.8, 4) is 0 Å². The van der Waals surface area contributed by atoms with E-state index >= 15 is 0 Å². The molecule has 2 aliphatic rings. The summed E-state index contributed by atoms with van der Waals surface area (Å²) in [6.45, 7) is 4.02. The van der Waals surface area contributed by atoms with Crippen molar-refractivity contribution in [3.05, 3.63) is 0 Å². The van der Waals surface area contributed by atoms with E-state index in [1.54, 1.807) is 0 Å². The molecule has 0 bridgehead atoms. The van der Waals surface area contributed by atoms with Gasteiger partial charge in [-0.1, -0.05) is 6.92 Å². The summed E-state index contributed by atoms with van der Waals surface area (Å²) in [5.41, 5.74) is 0. The Balaban J connectivity index is 1.94. The van der Waals surface area contributed by atoms with Gasteiger partial charge < -0.3 is 10.2 Å². The van der Waals surface area contributed by atoms with E-state index in [9.17, 15) is 4.79 Å². The second-order valence-corrected chi connectivity index (χ2v) is 5.86. The highest BCUT2D eigenvalue weighted by atomic mass is 32.2. The Bertz CT molecular complexity index is 241. The fourth-order valence-corrected chi connectivity index (χ4v) is 3.68. The van der Waals surface area contributed by atoms with Gasteiger partial charge in [-0.15, -0.1) is 0 Å². The third-order valence-corrected chi connectivity index (χ3v) is 4.78. The molecule has 0 aromatic heterocycles. The van der Waals surface area contributed by atoms with Crippen LogP contribution in [0.2, 0.25) is 0 Å². The molecule has 2 rings (SSSR count). The monoisotopic (exact) mass is 228 g/mol. The molecule has 86 valence electrons. The van der Waals surface area contributed by atoms with E-state index in [-0.39, 0.29) is 5.92 Å². The lowest BCUT2D eigenvalue weighted by Crippen LogP contribution is -2.42. The lowest BCUT2D eigenvalue weighted by atomic mass is 9.96. The molecule has 1 N–H and O–H groups in total. The minimum absolute atomic E-state index is 0.209. The smallest absolute Gasteiger partial charge is 0.227 e. The van der Waals surface area contributed by atoms with Crippen LogP contribution in [0.4, 0.5) is 0 Å². The van der Waals surface area contributed by atoms with E-state index in [1.165, 1.54) is 12.2 Å². The topological polar surface area (TPSA) is 32.3 Å². The maximum absolute atomic E-state index is 12.2. The zero-order valence-electron chi connectivity index (χ0n) is 9.53. The Labute approximate surface area is 96.0 Å². The largest absolute Gasteiger partial charge is 0.342 e. The van der Waals surface area contributed by atoms with Crippen LogP contribution >= 0.6 is 11.8 Å². The van der Waals surface area contributed by atoms with Crippen molar-refractivity contribution in [1.29, 1.82) is 0 Å². The molecule has 2 fully saturated rings.